The zero-order valence-corrected chi connectivity index (χ0v) is 15.0. The van der Waals surface area contributed by atoms with Gasteiger partial charge < -0.3 is 19.5 Å². The minimum Gasteiger partial charge on any atom is -0.493 e. The van der Waals surface area contributed by atoms with Crippen molar-refractivity contribution in [3.63, 3.8) is 0 Å². The van der Waals surface area contributed by atoms with E-state index in [2.05, 4.69) is 0 Å². The van der Waals surface area contributed by atoms with Gasteiger partial charge in [-0.3, -0.25) is 4.79 Å². The first-order chi connectivity index (χ1) is 12.1. The number of aliphatic hydroxyl groups is 1. The van der Waals surface area contributed by atoms with Gasteiger partial charge in [-0.15, -0.1) is 0 Å². The van der Waals surface area contributed by atoms with Crippen molar-refractivity contribution < 1.29 is 19.4 Å². The maximum absolute atomic E-state index is 12.8. The standard InChI is InChI=1S/C20H25NO4/c1-15-11-18(24-2)19(25-3)12-17(15)13-20(23)21(9-10-22)14-16-7-5-4-6-8-16/h4-8,11-12,22H,9-10,13-14H2,1-3H3. The third-order valence-corrected chi connectivity index (χ3v) is 4.12. The number of amides is 1. The van der Waals surface area contributed by atoms with E-state index in [4.69, 9.17) is 9.47 Å². The molecule has 0 aliphatic rings. The fourth-order valence-corrected chi connectivity index (χ4v) is 2.70. The van der Waals surface area contributed by atoms with Crippen LogP contribution in [-0.4, -0.2) is 43.3 Å². The van der Waals surface area contributed by atoms with Crippen LogP contribution in [0, 0.1) is 6.92 Å². The smallest absolute Gasteiger partial charge is 0.227 e. The first-order valence-electron chi connectivity index (χ1n) is 8.23. The van der Waals surface area contributed by atoms with Crippen LogP contribution in [0.2, 0.25) is 0 Å². The Morgan fingerprint density at radius 2 is 1.72 bits per heavy atom. The van der Waals surface area contributed by atoms with Crippen LogP contribution in [0.1, 0.15) is 16.7 Å². The molecule has 0 aliphatic heterocycles. The lowest BCUT2D eigenvalue weighted by Gasteiger charge is -2.23. The van der Waals surface area contributed by atoms with E-state index in [1.54, 1.807) is 19.1 Å². The number of carbonyl (C=O) groups excluding carboxylic acids is 1. The van der Waals surface area contributed by atoms with Crippen molar-refractivity contribution in [3.05, 3.63) is 59.2 Å². The highest BCUT2D eigenvalue weighted by Crippen LogP contribution is 2.30. The van der Waals surface area contributed by atoms with Crippen LogP contribution < -0.4 is 9.47 Å². The van der Waals surface area contributed by atoms with E-state index in [9.17, 15) is 9.90 Å². The molecule has 0 aromatic heterocycles. The average molecular weight is 343 g/mol. The zero-order chi connectivity index (χ0) is 18.2. The quantitative estimate of drug-likeness (QED) is 0.800. The Morgan fingerprint density at radius 3 is 2.32 bits per heavy atom. The second-order valence-electron chi connectivity index (χ2n) is 5.83. The molecule has 5 heteroatoms. The highest BCUT2D eigenvalue weighted by atomic mass is 16.5. The Labute approximate surface area is 148 Å². The summed E-state index contributed by atoms with van der Waals surface area (Å²) >= 11 is 0. The minimum atomic E-state index is -0.0660. The van der Waals surface area contributed by atoms with Crippen LogP contribution in [0.4, 0.5) is 0 Å². The fourth-order valence-electron chi connectivity index (χ4n) is 2.70. The van der Waals surface area contributed by atoms with E-state index in [0.717, 1.165) is 16.7 Å². The third-order valence-electron chi connectivity index (χ3n) is 4.12. The second-order valence-corrected chi connectivity index (χ2v) is 5.83. The van der Waals surface area contributed by atoms with Crippen LogP contribution in [-0.2, 0) is 17.8 Å². The number of hydrogen-bond donors (Lipinski definition) is 1. The lowest BCUT2D eigenvalue weighted by molar-refractivity contribution is -0.131. The van der Waals surface area contributed by atoms with Crippen molar-refractivity contribution in [2.24, 2.45) is 0 Å². The second kappa shape index (κ2) is 9.08. The van der Waals surface area contributed by atoms with Gasteiger partial charge in [-0.2, -0.15) is 0 Å². The third kappa shape index (κ3) is 4.97. The molecule has 0 saturated heterocycles. The first kappa shape index (κ1) is 18.8. The Hall–Kier alpha value is -2.53. The summed E-state index contributed by atoms with van der Waals surface area (Å²) in [5.41, 5.74) is 2.89. The molecule has 134 valence electrons. The van der Waals surface area contributed by atoms with Gasteiger partial charge in [0.15, 0.2) is 11.5 Å². The molecule has 0 heterocycles. The lowest BCUT2D eigenvalue weighted by Crippen LogP contribution is -2.34. The fraction of sp³-hybridized carbons (Fsp3) is 0.350. The molecule has 5 nitrogen and oxygen atoms in total. The number of hydrogen-bond acceptors (Lipinski definition) is 4. The van der Waals surface area contributed by atoms with Gasteiger partial charge in [0.2, 0.25) is 5.91 Å². The van der Waals surface area contributed by atoms with E-state index in [0.29, 0.717) is 24.6 Å². The molecule has 1 N–H and O–H groups in total. The average Bonchev–Trinajstić information content (AvgIpc) is 2.63. The summed E-state index contributed by atoms with van der Waals surface area (Å²) < 4.78 is 10.6. The molecular weight excluding hydrogens is 318 g/mol. The first-order valence-corrected chi connectivity index (χ1v) is 8.23. The number of carbonyl (C=O) groups is 1. The van der Waals surface area contributed by atoms with Gasteiger partial charge in [0.1, 0.15) is 0 Å². The molecule has 25 heavy (non-hydrogen) atoms. The molecule has 0 atom stereocenters. The topological polar surface area (TPSA) is 59.0 Å². The van der Waals surface area contributed by atoms with Gasteiger partial charge in [-0.25, -0.2) is 0 Å². The maximum atomic E-state index is 12.8. The van der Waals surface area contributed by atoms with Crippen molar-refractivity contribution in [3.8, 4) is 11.5 Å². The molecule has 1 amide bonds. The highest BCUT2D eigenvalue weighted by Gasteiger charge is 2.17. The van der Waals surface area contributed by atoms with E-state index in [-0.39, 0.29) is 18.9 Å². The number of aliphatic hydroxyl groups excluding tert-OH is 1. The molecular formula is C20H25NO4. The SMILES string of the molecule is COc1cc(C)c(CC(=O)N(CCO)Cc2ccccc2)cc1OC. The van der Waals surface area contributed by atoms with Crippen molar-refractivity contribution in [2.45, 2.75) is 19.9 Å². The molecule has 0 radical (unpaired) electrons. The molecule has 0 saturated carbocycles. The van der Waals surface area contributed by atoms with E-state index in [1.165, 1.54) is 0 Å². The van der Waals surface area contributed by atoms with Crippen molar-refractivity contribution in [2.75, 3.05) is 27.4 Å². The van der Waals surface area contributed by atoms with Gasteiger partial charge in [-0.05, 0) is 35.7 Å². The molecule has 0 unspecified atom stereocenters. The predicted octanol–water partition coefficient (Wildman–Crippen LogP) is 2.58. The van der Waals surface area contributed by atoms with E-state index in [1.807, 2.05) is 49.4 Å². The van der Waals surface area contributed by atoms with E-state index >= 15 is 0 Å². The number of methoxy groups -OCH3 is 2. The number of benzene rings is 2. The zero-order valence-electron chi connectivity index (χ0n) is 15.0. The number of nitrogens with zero attached hydrogens (tertiary/aromatic N) is 1. The molecule has 2 aromatic carbocycles. The molecule has 0 aliphatic carbocycles. The molecule has 0 spiro atoms. The Kier molecular flexibility index (Phi) is 6.83. The molecule has 2 aromatic rings. The van der Waals surface area contributed by atoms with Gasteiger partial charge in [-0.1, -0.05) is 30.3 Å². The van der Waals surface area contributed by atoms with Crippen molar-refractivity contribution in [1.82, 2.24) is 4.90 Å². The lowest BCUT2D eigenvalue weighted by atomic mass is 10.0. The largest absolute Gasteiger partial charge is 0.493 e. The summed E-state index contributed by atoms with van der Waals surface area (Å²) in [7, 11) is 3.16. The summed E-state index contributed by atoms with van der Waals surface area (Å²) in [6.45, 7) is 2.66. The van der Waals surface area contributed by atoms with Crippen LogP contribution in [0.25, 0.3) is 0 Å². The Morgan fingerprint density at radius 1 is 1.08 bits per heavy atom. The van der Waals surface area contributed by atoms with Crippen LogP contribution in [0.15, 0.2) is 42.5 Å². The predicted molar refractivity (Wildman–Crippen MR) is 96.9 cm³/mol. The number of ether oxygens (including phenoxy) is 2. The summed E-state index contributed by atoms with van der Waals surface area (Å²) in [5.74, 6) is 1.22. The van der Waals surface area contributed by atoms with Gasteiger partial charge in [0, 0.05) is 13.1 Å². The van der Waals surface area contributed by atoms with Gasteiger partial charge >= 0.3 is 0 Å². The maximum Gasteiger partial charge on any atom is 0.227 e. The summed E-state index contributed by atoms with van der Waals surface area (Å²) in [5, 5.41) is 9.30. The summed E-state index contributed by atoms with van der Waals surface area (Å²) in [6, 6.07) is 13.5. The van der Waals surface area contributed by atoms with Crippen LogP contribution in [0.3, 0.4) is 0 Å². The van der Waals surface area contributed by atoms with E-state index < -0.39 is 0 Å². The minimum absolute atomic E-state index is 0.0341. The Bertz CT molecular complexity index is 700. The van der Waals surface area contributed by atoms with Crippen molar-refractivity contribution >= 4 is 5.91 Å². The van der Waals surface area contributed by atoms with Gasteiger partial charge in [0.05, 0.1) is 27.2 Å². The number of aryl methyl sites for hydroxylation is 1. The van der Waals surface area contributed by atoms with Crippen LogP contribution >= 0.6 is 0 Å². The number of rotatable bonds is 8. The molecule has 0 bridgehead atoms. The highest BCUT2D eigenvalue weighted by molar-refractivity contribution is 5.79. The monoisotopic (exact) mass is 343 g/mol. The van der Waals surface area contributed by atoms with Crippen molar-refractivity contribution in [1.29, 1.82) is 0 Å². The summed E-state index contributed by atoms with van der Waals surface area (Å²) in [4.78, 5) is 14.4. The normalized spacial score (nSPS) is 10.4. The van der Waals surface area contributed by atoms with Gasteiger partial charge in [0.25, 0.3) is 0 Å². The molecule has 0 fully saturated rings. The van der Waals surface area contributed by atoms with Crippen LogP contribution in [0.5, 0.6) is 11.5 Å². The summed E-state index contributed by atoms with van der Waals surface area (Å²) in [6.07, 6.45) is 0.249. The Balaban J connectivity index is 2.17. The molecule has 2 rings (SSSR count).